The third-order valence-electron chi connectivity index (χ3n) is 5.45. The van der Waals surface area contributed by atoms with Crippen LogP contribution < -0.4 is 10.6 Å². The van der Waals surface area contributed by atoms with Crippen LogP contribution in [-0.2, 0) is 5.41 Å². The van der Waals surface area contributed by atoms with Gasteiger partial charge < -0.3 is 10.6 Å². The molecule has 1 aromatic carbocycles. The molecule has 1 amide bonds. The normalized spacial score (nSPS) is 14.6. The SMILES string of the molecule is CNC(=O)c1ccc(F)c(-c2cnc(NCC3(c4ncccc4F)CCC3)nn2)c1. The van der Waals surface area contributed by atoms with E-state index in [1.165, 1.54) is 37.5 Å². The maximum atomic E-state index is 14.2. The van der Waals surface area contributed by atoms with Crippen molar-refractivity contribution in [3.05, 3.63) is 65.6 Å². The van der Waals surface area contributed by atoms with Gasteiger partial charge in [-0.25, -0.2) is 13.8 Å². The highest BCUT2D eigenvalue weighted by Gasteiger charge is 2.41. The molecule has 9 heteroatoms. The van der Waals surface area contributed by atoms with Gasteiger partial charge in [-0.05, 0) is 43.2 Å². The van der Waals surface area contributed by atoms with Crippen molar-refractivity contribution < 1.29 is 13.6 Å². The Balaban J connectivity index is 1.51. The highest BCUT2D eigenvalue weighted by atomic mass is 19.1. The number of carbonyl (C=O) groups excluding carboxylic acids is 1. The Kier molecular flexibility index (Phi) is 5.35. The van der Waals surface area contributed by atoms with Crippen LogP contribution in [0.25, 0.3) is 11.3 Å². The molecule has 0 atom stereocenters. The van der Waals surface area contributed by atoms with Gasteiger partial charge in [-0.3, -0.25) is 9.78 Å². The molecule has 1 fully saturated rings. The van der Waals surface area contributed by atoms with Crippen LogP contribution in [0.3, 0.4) is 0 Å². The highest BCUT2D eigenvalue weighted by Crippen LogP contribution is 2.43. The first-order valence-electron chi connectivity index (χ1n) is 9.59. The maximum absolute atomic E-state index is 14.2. The van der Waals surface area contributed by atoms with E-state index in [0.29, 0.717) is 17.8 Å². The van der Waals surface area contributed by atoms with Gasteiger partial charge in [0.15, 0.2) is 0 Å². The van der Waals surface area contributed by atoms with Crippen LogP contribution >= 0.6 is 0 Å². The van der Waals surface area contributed by atoms with Gasteiger partial charge in [0.2, 0.25) is 5.95 Å². The largest absolute Gasteiger partial charge is 0.355 e. The van der Waals surface area contributed by atoms with Crippen molar-refractivity contribution in [3.63, 3.8) is 0 Å². The van der Waals surface area contributed by atoms with E-state index >= 15 is 0 Å². The molecule has 0 unspecified atom stereocenters. The Morgan fingerprint density at radius 3 is 2.60 bits per heavy atom. The Bertz CT molecular complexity index is 1070. The van der Waals surface area contributed by atoms with E-state index in [4.69, 9.17) is 0 Å². The molecule has 1 saturated carbocycles. The molecule has 30 heavy (non-hydrogen) atoms. The van der Waals surface area contributed by atoms with Gasteiger partial charge >= 0.3 is 0 Å². The number of hydrogen-bond donors (Lipinski definition) is 2. The van der Waals surface area contributed by atoms with Gasteiger partial charge in [-0.15, -0.1) is 10.2 Å². The summed E-state index contributed by atoms with van der Waals surface area (Å²) >= 11 is 0. The summed E-state index contributed by atoms with van der Waals surface area (Å²) < 4.78 is 28.4. The molecule has 0 bridgehead atoms. The second-order valence-corrected chi connectivity index (χ2v) is 7.26. The molecule has 154 valence electrons. The van der Waals surface area contributed by atoms with Crippen molar-refractivity contribution in [2.24, 2.45) is 0 Å². The number of aromatic nitrogens is 4. The number of anilines is 1. The number of amides is 1. The monoisotopic (exact) mass is 410 g/mol. The van der Waals surface area contributed by atoms with Crippen molar-refractivity contribution in [2.45, 2.75) is 24.7 Å². The van der Waals surface area contributed by atoms with Crippen molar-refractivity contribution in [1.82, 2.24) is 25.5 Å². The molecule has 7 nitrogen and oxygen atoms in total. The molecule has 0 radical (unpaired) electrons. The Morgan fingerprint density at radius 2 is 1.97 bits per heavy atom. The third-order valence-corrected chi connectivity index (χ3v) is 5.45. The molecule has 4 rings (SSSR count). The molecule has 0 spiro atoms. The van der Waals surface area contributed by atoms with E-state index in [0.717, 1.165) is 19.3 Å². The van der Waals surface area contributed by atoms with Gasteiger partial charge in [0, 0.05) is 36.3 Å². The van der Waals surface area contributed by atoms with Crippen molar-refractivity contribution in [2.75, 3.05) is 18.9 Å². The van der Waals surface area contributed by atoms with Gasteiger partial charge in [0.25, 0.3) is 5.91 Å². The lowest BCUT2D eigenvalue weighted by atomic mass is 9.66. The summed E-state index contributed by atoms with van der Waals surface area (Å²) in [4.78, 5) is 20.2. The van der Waals surface area contributed by atoms with Gasteiger partial charge in [-0.2, -0.15) is 0 Å². The average Bonchev–Trinajstić information content (AvgIpc) is 2.74. The van der Waals surface area contributed by atoms with Gasteiger partial charge in [0.1, 0.15) is 17.3 Å². The number of halogens is 2. The Morgan fingerprint density at radius 1 is 1.13 bits per heavy atom. The number of hydrogen-bond acceptors (Lipinski definition) is 6. The molecule has 1 aliphatic rings. The maximum Gasteiger partial charge on any atom is 0.251 e. The van der Waals surface area contributed by atoms with E-state index in [1.807, 2.05) is 0 Å². The quantitative estimate of drug-likeness (QED) is 0.649. The van der Waals surface area contributed by atoms with E-state index in [1.54, 1.807) is 12.3 Å². The first kappa shape index (κ1) is 19.8. The highest BCUT2D eigenvalue weighted by molar-refractivity contribution is 5.95. The number of rotatable bonds is 6. The molecule has 2 heterocycles. The first-order chi connectivity index (χ1) is 14.5. The standard InChI is InChI=1S/C21H20F2N6O/c1-24-19(30)13-5-6-15(22)14(10-13)17-11-26-20(29-28-17)27-12-21(7-3-8-21)18-16(23)4-2-9-25-18/h2,4-6,9-11H,3,7-8,12H2,1H3,(H,24,30)(H,26,27,29). The van der Waals surface area contributed by atoms with Crippen LogP contribution in [0.1, 0.15) is 35.3 Å². The van der Waals surface area contributed by atoms with Gasteiger partial charge in [0.05, 0.1) is 11.9 Å². The lowest BCUT2D eigenvalue weighted by Gasteiger charge is -2.41. The molecule has 2 N–H and O–H groups in total. The minimum atomic E-state index is -0.529. The number of nitrogens with zero attached hydrogens (tertiary/aromatic N) is 4. The molecule has 0 aliphatic heterocycles. The summed E-state index contributed by atoms with van der Waals surface area (Å²) in [5.41, 5.74) is 0.691. The third kappa shape index (κ3) is 3.70. The van der Waals surface area contributed by atoms with Crippen LogP contribution in [0, 0.1) is 11.6 Å². The van der Waals surface area contributed by atoms with E-state index < -0.39 is 11.2 Å². The first-order valence-corrected chi connectivity index (χ1v) is 9.59. The van der Waals surface area contributed by atoms with E-state index in [-0.39, 0.29) is 28.9 Å². The lowest BCUT2D eigenvalue weighted by Crippen LogP contribution is -2.42. The smallest absolute Gasteiger partial charge is 0.251 e. The predicted octanol–water partition coefficient (Wildman–Crippen LogP) is 3.11. The summed E-state index contributed by atoms with van der Waals surface area (Å²) in [5, 5.41) is 13.6. The van der Waals surface area contributed by atoms with E-state index in [9.17, 15) is 13.6 Å². The van der Waals surface area contributed by atoms with Crippen molar-refractivity contribution >= 4 is 11.9 Å². The van der Waals surface area contributed by atoms with E-state index in [2.05, 4.69) is 30.8 Å². The van der Waals surface area contributed by atoms with Crippen LogP contribution in [0.2, 0.25) is 0 Å². The van der Waals surface area contributed by atoms with Crippen molar-refractivity contribution in [3.8, 4) is 11.3 Å². The lowest BCUT2D eigenvalue weighted by molar-refractivity contribution is 0.0963. The molecular formula is C21H20F2N6O. The minimum absolute atomic E-state index is 0.133. The number of pyridine rings is 1. The fourth-order valence-electron chi connectivity index (χ4n) is 3.61. The summed E-state index contributed by atoms with van der Waals surface area (Å²) in [6, 6.07) is 6.98. The summed E-state index contributed by atoms with van der Waals surface area (Å²) in [5.74, 6) is -0.925. The predicted molar refractivity (Wildman–Crippen MR) is 107 cm³/mol. The summed E-state index contributed by atoms with van der Waals surface area (Å²) in [6.07, 6.45) is 5.60. The van der Waals surface area contributed by atoms with Crippen LogP contribution in [-0.4, -0.2) is 39.7 Å². The van der Waals surface area contributed by atoms with Crippen LogP contribution in [0.4, 0.5) is 14.7 Å². The molecule has 1 aliphatic carbocycles. The zero-order valence-corrected chi connectivity index (χ0v) is 16.3. The van der Waals surface area contributed by atoms with Gasteiger partial charge in [-0.1, -0.05) is 6.42 Å². The number of benzene rings is 1. The fourth-order valence-corrected chi connectivity index (χ4v) is 3.61. The number of nitrogens with one attached hydrogen (secondary N) is 2. The van der Waals surface area contributed by atoms with Crippen LogP contribution in [0.5, 0.6) is 0 Å². The summed E-state index contributed by atoms with van der Waals surface area (Å²) in [7, 11) is 1.50. The molecule has 2 aromatic heterocycles. The van der Waals surface area contributed by atoms with Crippen LogP contribution in [0.15, 0.2) is 42.7 Å². The zero-order chi connectivity index (χ0) is 21.1. The Labute approximate surface area is 172 Å². The minimum Gasteiger partial charge on any atom is -0.355 e. The number of carbonyl (C=O) groups is 1. The topological polar surface area (TPSA) is 92.7 Å². The molecule has 3 aromatic rings. The second-order valence-electron chi connectivity index (χ2n) is 7.26. The second kappa shape index (κ2) is 8.10. The fraction of sp³-hybridized carbons (Fsp3) is 0.286. The van der Waals surface area contributed by atoms with Crippen molar-refractivity contribution in [1.29, 1.82) is 0 Å². The Hall–Kier alpha value is -3.49. The summed E-state index contributed by atoms with van der Waals surface area (Å²) in [6.45, 7) is 0.419. The zero-order valence-electron chi connectivity index (χ0n) is 16.3. The molecular weight excluding hydrogens is 390 g/mol. The average molecular weight is 410 g/mol. The molecule has 0 saturated heterocycles.